The van der Waals surface area contributed by atoms with E-state index < -0.39 is 0 Å². The number of nitrogens with one attached hydrogen (secondary N) is 1. The summed E-state index contributed by atoms with van der Waals surface area (Å²) in [5.74, 6) is 0.00116. The van der Waals surface area contributed by atoms with Crippen molar-refractivity contribution < 1.29 is 15.0 Å². The van der Waals surface area contributed by atoms with E-state index in [1.807, 2.05) is 13.8 Å². The molecule has 0 aliphatic carbocycles. The van der Waals surface area contributed by atoms with Crippen LogP contribution in [0.15, 0.2) is 0 Å². The Labute approximate surface area is 91.7 Å². The van der Waals surface area contributed by atoms with Crippen molar-refractivity contribution in [3.8, 4) is 0 Å². The van der Waals surface area contributed by atoms with Gasteiger partial charge in [-0.1, -0.05) is 6.92 Å². The Morgan fingerprint density at radius 2 is 1.93 bits per heavy atom. The zero-order valence-electron chi connectivity index (χ0n) is 9.75. The minimum Gasteiger partial charge on any atom is -0.396 e. The first-order chi connectivity index (χ1) is 7.08. The third-order valence-corrected chi connectivity index (χ3v) is 2.70. The van der Waals surface area contributed by atoms with Crippen LogP contribution in [-0.2, 0) is 4.79 Å². The van der Waals surface area contributed by atoms with Gasteiger partial charge in [0.05, 0.1) is 0 Å². The maximum absolute atomic E-state index is 11.5. The van der Waals surface area contributed by atoms with Gasteiger partial charge in [0, 0.05) is 25.2 Å². The molecule has 0 bridgehead atoms. The van der Waals surface area contributed by atoms with E-state index >= 15 is 0 Å². The van der Waals surface area contributed by atoms with Gasteiger partial charge in [-0.05, 0) is 32.6 Å². The van der Waals surface area contributed by atoms with E-state index in [2.05, 4.69) is 5.32 Å². The van der Waals surface area contributed by atoms with Gasteiger partial charge in [-0.3, -0.25) is 4.79 Å². The summed E-state index contributed by atoms with van der Waals surface area (Å²) in [5, 5.41) is 20.4. The van der Waals surface area contributed by atoms with Gasteiger partial charge < -0.3 is 15.5 Å². The molecular weight excluding hydrogens is 194 g/mol. The molecule has 90 valence electrons. The van der Waals surface area contributed by atoms with E-state index in [9.17, 15) is 4.79 Å². The number of rotatable bonds is 8. The van der Waals surface area contributed by atoms with Gasteiger partial charge in [0.2, 0.25) is 5.91 Å². The summed E-state index contributed by atoms with van der Waals surface area (Å²) in [4.78, 5) is 11.5. The van der Waals surface area contributed by atoms with Crippen molar-refractivity contribution in [2.75, 3.05) is 13.2 Å². The maximum Gasteiger partial charge on any atom is 0.220 e. The summed E-state index contributed by atoms with van der Waals surface area (Å²) in [6.45, 7) is 4.15. The molecular formula is C11H23NO3. The predicted octanol–water partition coefficient (Wildman–Crippen LogP) is 0.816. The lowest BCUT2D eigenvalue weighted by molar-refractivity contribution is -0.123. The van der Waals surface area contributed by atoms with Gasteiger partial charge in [-0.15, -0.1) is 0 Å². The van der Waals surface area contributed by atoms with Crippen molar-refractivity contribution in [2.24, 2.45) is 0 Å². The average Bonchev–Trinajstić information content (AvgIpc) is 2.18. The van der Waals surface area contributed by atoms with Crippen LogP contribution in [0.2, 0.25) is 0 Å². The Kier molecular flexibility index (Phi) is 7.34. The normalized spacial score (nSPS) is 14.7. The number of hydrogen-bond acceptors (Lipinski definition) is 3. The smallest absolute Gasteiger partial charge is 0.220 e. The third kappa shape index (κ3) is 6.47. The Morgan fingerprint density at radius 3 is 2.40 bits per heavy atom. The highest BCUT2D eigenvalue weighted by atomic mass is 16.3. The second-order valence-electron chi connectivity index (χ2n) is 4.12. The molecule has 0 aromatic rings. The molecule has 4 nitrogen and oxygen atoms in total. The minimum absolute atomic E-state index is 0.00116. The van der Waals surface area contributed by atoms with Crippen molar-refractivity contribution in [3.05, 3.63) is 0 Å². The van der Waals surface area contributed by atoms with Crippen molar-refractivity contribution in [1.29, 1.82) is 0 Å². The van der Waals surface area contributed by atoms with Gasteiger partial charge in [-0.2, -0.15) is 0 Å². The molecule has 0 spiro atoms. The Balaban J connectivity index is 3.90. The highest BCUT2D eigenvalue weighted by Gasteiger charge is 2.22. The van der Waals surface area contributed by atoms with Gasteiger partial charge in [-0.25, -0.2) is 0 Å². The second-order valence-corrected chi connectivity index (χ2v) is 4.12. The molecule has 0 aromatic heterocycles. The van der Waals surface area contributed by atoms with Crippen LogP contribution >= 0.6 is 0 Å². The molecule has 0 fully saturated rings. The number of hydrogen-bond donors (Lipinski definition) is 3. The molecule has 15 heavy (non-hydrogen) atoms. The van der Waals surface area contributed by atoms with Gasteiger partial charge in [0.15, 0.2) is 0 Å². The van der Waals surface area contributed by atoms with E-state index in [1.165, 1.54) is 0 Å². The van der Waals surface area contributed by atoms with Gasteiger partial charge in [0.1, 0.15) is 0 Å². The molecule has 3 N–H and O–H groups in total. The third-order valence-electron chi connectivity index (χ3n) is 2.70. The summed E-state index contributed by atoms with van der Waals surface area (Å²) < 4.78 is 0. The van der Waals surface area contributed by atoms with Crippen LogP contribution in [0.5, 0.6) is 0 Å². The first-order valence-electron chi connectivity index (χ1n) is 5.60. The van der Waals surface area contributed by atoms with Gasteiger partial charge >= 0.3 is 0 Å². The number of carbonyl (C=O) groups excluding carboxylic acids is 1. The monoisotopic (exact) mass is 217 g/mol. The molecule has 0 heterocycles. The van der Waals surface area contributed by atoms with Crippen LogP contribution in [-0.4, -0.2) is 34.9 Å². The summed E-state index contributed by atoms with van der Waals surface area (Å²) in [7, 11) is 0. The van der Waals surface area contributed by atoms with Crippen molar-refractivity contribution >= 4 is 5.91 Å². The molecule has 1 atom stereocenters. The van der Waals surface area contributed by atoms with Crippen LogP contribution in [0.25, 0.3) is 0 Å². The zero-order valence-corrected chi connectivity index (χ0v) is 9.75. The van der Waals surface area contributed by atoms with Crippen molar-refractivity contribution in [3.63, 3.8) is 0 Å². The Hall–Kier alpha value is -0.610. The molecule has 1 amide bonds. The van der Waals surface area contributed by atoms with E-state index in [0.29, 0.717) is 25.7 Å². The van der Waals surface area contributed by atoms with Crippen LogP contribution in [0.1, 0.15) is 46.0 Å². The number of carbonyl (C=O) groups is 1. The van der Waals surface area contributed by atoms with Crippen LogP contribution in [0.4, 0.5) is 0 Å². The largest absolute Gasteiger partial charge is 0.396 e. The predicted molar refractivity (Wildman–Crippen MR) is 59.5 cm³/mol. The zero-order chi connectivity index (χ0) is 11.7. The minimum atomic E-state index is -0.301. The summed E-state index contributed by atoms with van der Waals surface area (Å²) >= 11 is 0. The number of aliphatic hydroxyl groups is 2. The van der Waals surface area contributed by atoms with Crippen molar-refractivity contribution in [2.45, 2.75) is 51.5 Å². The summed E-state index contributed by atoms with van der Waals surface area (Å²) in [6.07, 6.45) is 3.20. The first kappa shape index (κ1) is 14.4. The van der Waals surface area contributed by atoms with E-state index in [1.54, 1.807) is 0 Å². The van der Waals surface area contributed by atoms with E-state index in [-0.39, 0.29) is 24.7 Å². The van der Waals surface area contributed by atoms with E-state index in [0.717, 1.165) is 6.42 Å². The van der Waals surface area contributed by atoms with Crippen LogP contribution in [0, 0.1) is 0 Å². The van der Waals surface area contributed by atoms with Crippen molar-refractivity contribution in [1.82, 2.24) is 5.32 Å². The van der Waals surface area contributed by atoms with E-state index in [4.69, 9.17) is 10.2 Å². The molecule has 1 unspecified atom stereocenters. The second kappa shape index (κ2) is 7.65. The topological polar surface area (TPSA) is 69.6 Å². The Morgan fingerprint density at radius 1 is 1.27 bits per heavy atom. The lowest BCUT2D eigenvalue weighted by Crippen LogP contribution is -2.46. The lowest BCUT2D eigenvalue weighted by Gasteiger charge is -2.29. The highest BCUT2D eigenvalue weighted by Crippen LogP contribution is 2.14. The highest BCUT2D eigenvalue weighted by molar-refractivity contribution is 5.76. The molecule has 4 heteroatoms. The number of unbranched alkanes of at least 4 members (excludes halogenated alkanes) is 1. The summed E-state index contributed by atoms with van der Waals surface area (Å²) in [6, 6.07) is 0. The molecule has 0 radical (unpaired) electrons. The van der Waals surface area contributed by atoms with Gasteiger partial charge in [0.25, 0.3) is 0 Å². The fraction of sp³-hybridized carbons (Fsp3) is 0.909. The molecule has 0 saturated carbocycles. The first-order valence-corrected chi connectivity index (χ1v) is 5.60. The Bertz CT molecular complexity index is 185. The maximum atomic E-state index is 11.5. The average molecular weight is 217 g/mol. The molecule has 0 aliphatic heterocycles. The standard InChI is InChI=1S/C11H23NO3/c1-3-11(2,7-9-14)12-10(15)6-4-5-8-13/h13-14H,3-9H2,1-2H3,(H,12,15). The molecule has 0 saturated heterocycles. The number of amides is 1. The molecule has 0 aliphatic rings. The lowest BCUT2D eigenvalue weighted by atomic mass is 9.94. The fourth-order valence-corrected chi connectivity index (χ4v) is 1.37. The summed E-state index contributed by atoms with van der Waals surface area (Å²) in [5.41, 5.74) is -0.301. The SMILES string of the molecule is CCC(C)(CCO)NC(=O)CCCCO. The van der Waals surface area contributed by atoms with Crippen LogP contribution in [0.3, 0.4) is 0 Å². The molecule has 0 aromatic carbocycles. The molecule has 0 rings (SSSR count). The number of aliphatic hydroxyl groups excluding tert-OH is 2. The van der Waals surface area contributed by atoms with Crippen LogP contribution < -0.4 is 5.32 Å². The fourth-order valence-electron chi connectivity index (χ4n) is 1.37. The quantitative estimate of drug-likeness (QED) is 0.527.